The maximum absolute atomic E-state index is 11.7. The minimum absolute atomic E-state index is 0.102. The van der Waals surface area contributed by atoms with Gasteiger partial charge in [-0.05, 0) is 19.8 Å². The van der Waals surface area contributed by atoms with Crippen LogP contribution in [0.5, 0.6) is 0 Å². The van der Waals surface area contributed by atoms with E-state index in [2.05, 4.69) is 5.32 Å². The molecule has 1 aliphatic heterocycles. The fraction of sp³-hybridized carbons (Fsp3) is 0.786. The maximum atomic E-state index is 11.7. The van der Waals surface area contributed by atoms with Crippen LogP contribution in [-0.4, -0.2) is 65.0 Å². The Bertz CT molecular complexity index is 409. The van der Waals surface area contributed by atoms with Gasteiger partial charge >= 0.3 is 6.03 Å². The molecule has 0 aromatic rings. The molecule has 1 atom stereocenters. The minimum Gasteiger partial charge on any atom is -0.388 e. The van der Waals surface area contributed by atoms with Crippen LogP contribution in [0.15, 0.2) is 0 Å². The number of carbonyl (C=O) groups excluding carboxylic acids is 3. The van der Waals surface area contributed by atoms with Gasteiger partial charge < -0.3 is 15.3 Å². The lowest BCUT2D eigenvalue weighted by Crippen LogP contribution is -2.40. The molecule has 1 aliphatic rings. The number of nitrogens with zero attached hydrogens (tertiary/aromatic N) is 2. The highest BCUT2D eigenvalue weighted by Crippen LogP contribution is 2.11. The standard InChI is InChI=1S/C14H25N3O4/c1-4-7-14(2,21)10-15-11(18)6-5-8-17-12(19)9-16(3)13(17)20/h21H,4-10H2,1-3H3,(H,15,18). The van der Waals surface area contributed by atoms with Crippen molar-refractivity contribution in [2.75, 3.05) is 26.7 Å². The number of carbonyl (C=O) groups is 3. The van der Waals surface area contributed by atoms with Crippen molar-refractivity contribution in [3.8, 4) is 0 Å². The maximum Gasteiger partial charge on any atom is 0.326 e. The molecule has 1 rings (SSSR count). The quantitative estimate of drug-likeness (QED) is 0.632. The molecular weight excluding hydrogens is 274 g/mol. The molecule has 120 valence electrons. The van der Waals surface area contributed by atoms with Gasteiger partial charge in [-0.2, -0.15) is 0 Å². The zero-order valence-corrected chi connectivity index (χ0v) is 13.0. The predicted octanol–water partition coefficient (Wildman–Crippen LogP) is 0.328. The van der Waals surface area contributed by atoms with Gasteiger partial charge in [-0.1, -0.05) is 13.3 Å². The van der Waals surface area contributed by atoms with Crippen molar-refractivity contribution in [2.24, 2.45) is 0 Å². The molecule has 21 heavy (non-hydrogen) atoms. The van der Waals surface area contributed by atoms with E-state index < -0.39 is 5.60 Å². The Kier molecular flexibility index (Phi) is 6.14. The van der Waals surface area contributed by atoms with Crippen LogP contribution in [0.2, 0.25) is 0 Å². The molecule has 2 N–H and O–H groups in total. The van der Waals surface area contributed by atoms with Gasteiger partial charge in [-0.25, -0.2) is 4.79 Å². The van der Waals surface area contributed by atoms with Crippen LogP contribution in [-0.2, 0) is 9.59 Å². The van der Waals surface area contributed by atoms with E-state index in [-0.39, 0.29) is 43.9 Å². The van der Waals surface area contributed by atoms with Crippen molar-refractivity contribution in [1.82, 2.24) is 15.1 Å². The highest BCUT2D eigenvalue weighted by molar-refractivity contribution is 6.01. The smallest absolute Gasteiger partial charge is 0.326 e. The summed E-state index contributed by atoms with van der Waals surface area (Å²) in [4.78, 5) is 37.3. The SMILES string of the molecule is CCCC(C)(O)CNC(=O)CCCN1C(=O)CN(C)C1=O. The van der Waals surface area contributed by atoms with Gasteiger partial charge in [0.15, 0.2) is 0 Å². The zero-order valence-electron chi connectivity index (χ0n) is 13.0. The van der Waals surface area contributed by atoms with Crippen LogP contribution in [0.25, 0.3) is 0 Å². The summed E-state index contributed by atoms with van der Waals surface area (Å²) in [6, 6.07) is -0.314. The molecule has 0 aromatic heterocycles. The molecule has 0 radical (unpaired) electrons. The van der Waals surface area contributed by atoms with Crippen LogP contribution in [0.4, 0.5) is 4.79 Å². The van der Waals surface area contributed by atoms with Gasteiger partial charge in [0.2, 0.25) is 11.8 Å². The highest BCUT2D eigenvalue weighted by atomic mass is 16.3. The van der Waals surface area contributed by atoms with Crippen LogP contribution in [0.3, 0.4) is 0 Å². The zero-order chi connectivity index (χ0) is 16.0. The van der Waals surface area contributed by atoms with Crippen LogP contribution in [0.1, 0.15) is 39.5 Å². The molecule has 0 spiro atoms. The summed E-state index contributed by atoms with van der Waals surface area (Å²) in [7, 11) is 1.57. The topological polar surface area (TPSA) is 89.9 Å². The molecule has 1 saturated heterocycles. The van der Waals surface area contributed by atoms with E-state index in [0.29, 0.717) is 12.8 Å². The van der Waals surface area contributed by atoms with Crippen molar-refractivity contribution in [3.63, 3.8) is 0 Å². The molecular formula is C14H25N3O4. The van der Waals surface area contributed by atoms with E-state index in [1.807, 2.05) is 6.92 Å². The summed E-state index contributed by atoms with van der Waals surface area (Å²) in [5.74, 6) is -0.410. The van der Waals surface area contributed by atoms with E-state index >= 15 is 0 Å². The second-order valence-corrected chi connectivity index (χ2v) is 5.81. The van der Waals surface area contributed by atoms with Crippen molar-refractivity contribution < 1.29 is 19.5 Å². The second kappa shape index (κ2) is 7.40. The van der Waals surface area contributed by atoms with Crippen molar-refractivity contribution in [1.29, 1.82) is 0 Å². The number of hydrogen-bond acceptors (Lipinski definition) is 4. The lowest BCUT2D eigenvalue weighted by Gasteiger charge is -2.23. The van der Waals surface area contributed by atoms with Gasteiger partial charge in [0, 0.05) is 26.6 Å². The Balaban J connectivity index is 2.25. The van der Waals surface area contributed by atoms with Crippen LogP contribution < -0.4 is 5.32 Å². The molecule has 1 unspecified atom stereocenters. The average molecular weight is 299 g/mol. The molecule has 7 heteroatoms. The third-order valence-electron chi connectivity index (χ3n) is 3.47. The Morgan fingerprint density at radius 2 is 2.10 bits per heavy atom. The first kappa shape index (κ1) is 17.4. The predicted molar refractivity (Wildman–Crippen MR) is 77.5 cm³/mol. The number of likely N-dealkylation sites (N-methyl/N-ethyl adjacent to an activating group) is 1. The number of imide groups is 1. The second-order valence-electron chi connectivity index (χ2n) is 5.81. The number of aliphatic hydroxyl groups is 1. The molecule has 7 nitrogen and oxygen atoms in total. The number of rotatable bonds is 8. The van der Waals surface area contributed by atoms with Gasteiger partial charge in [0.05, 0.1) is 5.60 Å². The highest BCUT2D eigenvalue weighted by Gasteiger charge is 2.32. The summed E-state index contributed by atoms with van der Waals surface area (Å²) < 4.78 is 0. The lowest BCUT2D eigenvalue weighted by atomic mass is 10.0. The normalized spacial score (nSPS) is 18.1. The Morgan fingerprint density at radius 1 is 1.43 bits per heavy atom. The van der Waals surface area contributed by atoms with Gasteiger partial charge in [-0.3, -0.25) is 14.5 Å². The first-order valence-corrected chi connectivity index (χ1v) is 7.31. The molecule has 0 saturated carbocycles. The Labute approximate surface area is 125 Å². The molecule has 1 fully saturated rings. The number of hydrogen-bond donors (Lipinski definition) is 2. The van der Waals surface area contributed by atoms with Crippen LogP contribution >= 0.6 is 0 Å². The Hall–Kier alpha value is -1.63. The number of amides is 4. The van der Waals surface area contributed by atoms with Crippen molar-refractivity contribution in [3.05, 3.63) is 0 Å². The fourth-order valence-electron chi connectivity index (χ4n) is 2.29. The first-order chi connectivity index (χ1) is 9.76. The van der Waals surface area contributed by atoms with E-state index in [1.165, 1.54) is 9.80 Å². The summed E-state index contributed by atoms with van der Waals surface area (Å²) in [6.45, 7) is 4.22. The minimum atomic E-state index is -0.895. The lowest BCUT2D eigenvalue weighted by molar-refractivity contribution is -0.126. The van der Waals surface area contributed by atoms with Gasteiger partial charge in [0.25, 0.3) is 0 Å². The van der Waals surface area contributed by atoms with Gasteiger partial charge in [-0.15, -0.1) is 0 Å². The monoisotopic (exact) mass is 299 g/mol. The molecule has 4 amide bonds. The molecule has 0 bridgehead atoms. The molecule has 1 heterocycles. The van der Waals surface area contributed by atoms with Crippen LogP contribution in [0, 0.1) is 0 Å². The Morgan fingerprint density at radius 3 is 2.62 bits per heavy atom. The summed E-state index contributed by atoms with van der Waals surface area (Å²) in [5, 5.41) is 12.6. The van der Waals surface area contributed by atoms with E-state index in [1.54, 1.807) is 14.0 Å². The summed E-state index contributed by atoms with van der Waals surface area (Å²) in [6.07, 6.45) is 2.11. The number of nitrogens with one attached hydrogen (secondary N) is 1. The average Bonchev–Trinajstić information content (AvgIpc) is 2.63. The largest absolute Gasteiger partial charge is 0.388 e. The molecule has 0 aromatic carbocycles. The van der Waals surface area contributed by atoms with E-state index in [9.17, 15) is 19.5 Å². The first-order valence-electron chi connectivity index (χ1n) is 7.31. The third-order valence-corrected chi connectivity index (χ3v) is 3.47. The fourth-order valence-corrected chi connectivity index (χ4v) is 2.29. The van der Waals surface area contributed by atoms with Crippen molar-refractivity contribution in [2.45, 2.75) is 45.1 Å². The summed E-state index contributed by atoms with van der Waals surface area (Å²) in [5.41, 5.74) is -0.895. The van der Waals surface area contributed by atoms with Crippen molar-refractivity contribution >= 4 is 17.8 Å². The van der Waals surface area contributed by atoms with E-state index in [0.717, 1.165) is 6.42 Å². The van der Waals surface area contributed by atoms with Gasteiger partial charge in [0.1, 0.15) is 6.54 Å². The third kappa shape index (κ3) is 5.34. The van der Waals surface area contributed by atoms with E-state index in [4.69, 9.17) is 0 Å². The summed E-state index contributed by atoms with van der Waals surface area (Å²) >= 11 is 0. The number of urea groups is 1. The molecule has 0 aliphatic carbocycles.